The Balaban J connectivity index is 1.77. The van der Waals surface area contributed by atoms with Crippen molar-refractivity contribution >= 4 is 38.9 Å². The Labute approximate surface area is 185 Å². The number of nitrogens with zero attached hydrogens (tertiary/aromatic N) is 1. The molecule has 9 heteroatoms. The highest BCUT2D eigenvalue weighted by Gasteiger charge is 2.17. The van der Waals surface area contributed by atoms with Gasteiger partial charge in [-0.05, 0) is 61.5 Å². The van der Waals surface area contributed by atoms with Gasteiger partial charge in [-0.1, -0.05) is 29.8 Å². The number of sulfonamides is 1. The summed E-state index contributed by atoms with van der Waals surface area (Å²) >= 11 is 5.82. The molecule has 0 saturated heterocycles. The summed E-state index contributed by atoms with van der Waals surface area (Å²) in [4.78, 5) is 12.5. The molecule has 0 aliphatic rings. The fourth-order valence-electron chi connectivity index (χ4n) is 2.74. The minimum absolute atomic E-state index is 0.0551. The second kappa shape index (κ2) is 9.63. The molecule has 3 rings (SSSR count). The number of carbonyl (C=O) groups excluding carboxylic acids is 1. The molecule has 160 valence electrons. The van der Waals surface area contributed by atoms with Crippen LogP contribution < -0.4 is 14.9 Å². The van der Waals surface area contributed by atoms with Crippen LogP contribution in [0.4, 0.5) is 5.69 Å². The highest BCUT2D eigenvalue weighted by molar-refractivity contribution is 7.92. The van der Waals surface area contributed by atoms with E-state index in [1.165, 1.54) is 24.3 Å². The van der Waals surface area contributed by atoms with Gasteiger partial charge in [-0.25, -0.2) is 13.8 Å². The van der Waals surface area contributed by atoms with E-state index in [4.69, 9.17) is 16.3 Å². The van der Waals surface area contributed by atoms with Crippen LogP contribution in [0.2, 0.25) is 5.02 Å². The first kappa shape index (κ1) is 22.3. The number of halogens is 1. The first-order valence-corrected chi connectivity index (χ1v) is 11.0. The number of nitrogens with one attached hydrogen (secondary N) is 2. The number of ether oxygens (including phenoxy) is 1. The highest BCUT2D eigenvalue weighted by Crippen LogP contribution is 2.20. The lowest BCUT2D eigenvalue weighted by Gasteiger charge is -2.10. The maximum atomic E-state index is 12.7. The van der Waals surface area contributed by atoms with Gasteiger partial charge in [-0.2, -0.15) is 5.10 Å². The molecule has 0 heterocycles. The van der Waals surface area contributed by atoms with Gasteiger partial charge in [0.1, 0.15) is 5.75 Å². The van der Waals surface area contributed by atoms with Crippen molar-refractivity contribution in [3.63, 3.8) is 0 Å². The number of benzene rings is 3. The van der Waals surface area contributed by atoms with E-state index in [1.54, 1.807) is 44.4 Å². The van der Waals surface area contributed by atoms with Crippen LogP contribution in [0.5, 0.6) is 5.75 Å². The number of hydrogen-bond acceptors (Lipinski definition) is 5. The Morgan fingerprint density at radius 1 is 1.00 bits per heavy atom. The molecule has 0 aliphatic heterocycles. The van der Waals surface area contributed by atoms with E-state index < -0.39 is 15.9 Å². The topological polar surface area (TPSA) is 96.9 Å². The van der Waals surface area contributed by atoms with Gasteiger partial charge in [-0.3, -0.25) is 9.52 Å². The summed E-state index contributed by atoms with van der Waals surface area (Å²) in [6, 6.07) is 19.2. The predicted octanol–water partition coefficient (Wildman–Crippen LogP) is 4.30. The number of para-hydroxylation sites is 1. The minimum Gasteiger partial charge on any atom is -0.496 e. The van der Waals surface area contributed by atoms with Gasteiger partial charge in [0.05, 0.1) is 17.7 Å². The molecule has 0 radical (unpaired) electrons. The average Bonchev–Trinajstić information content (AvgIpc) is 2.78. The number of anilines is 1. The van der Waals surface area contributed by atoms with Crippen LogP contribution in [-0.2, 0) is 10.0 Å². The third kappa shape index (κ3) is 5.62. The molecular weight excluding hydrogens is 438 g/mol. The van der Waals surface area contributed by atoms with E-state index in [0.29, 0.717) is 22.2 Å². The molecule has 0 unspecified atom stereocenters. The van der Waals surface area contributed by atoms with Crippen molar-refractivity contribution in [3.8, 4) is 5.75 Å². The Kier molecular flexibility index (Phi) is 6.94. The SMILES string of the molecule is COc1ccccc1C(C)=NNC(=O)c1cccc(S(=O)(=O)Nc2ccc(Cl)cc2)c1. The molecule has 3 aromatic rings. The van der Waals surface area contributed by atoms with E-state index in [2.05, 4.69) is 15.2 Å². The van der Waals surface area contributed by atoms with Gasteiger partial charge in [0.2, 0.25) is 0 Å². The summed E-state index contributed by atoms with van der Waals surface area (Å²) in [6.07, 6.45) is 0. The molecule has 1 amide bonds. The maximum Gasteiger partial charge on any atom is 0.271 e. The summed E-state index contributed by atoms with van der Waals surface area (Å²) in [6.45, 7) is 1.73. The van der Waals surface area contributed by atoms with Crippen molar-refractivity contribution in [2.45, 2.75) is 11.8 Å². The first-order chi connectivity index (χ1) is 14.8. The van der Waals surface area contributed by atoms with Crippen molar-refractivity contribution in [2.24, 2.45) is 5.10 Å². The van der Waals surface area contributed by atoms with Gasteiger partial charge in [0.15, 0.2) is 0 Å². The van der Waals surface area contributed by atoms with E-state index in [0.717, 1.165) is 5.56 Å². The number of carbonyl (C=O) groups is 1. The summed E-state index contributed by atoms with van der Waals surface area (Å²) in [7, 11) is -2.34. The molecule has 0 spiro atoms. The van der Waals surface area contributed by atoms with Gasteiger partial charge in [-0.15, -0.1) is 0 Å². The molecule has 3 aromatic carbocycles. The Morgan fingerprint density at radius 2 is 1.71 bits per heavy atom. The molecule has 0 atom stereocenters. The molecule has 0 aliphatic carbocycles. The summed E-state index contributed by atoms with van der Waals surface area (Å²) in [5, 5.41) is 4.60. The lowest BCUT2D eigenvalue weighted by molar-refractivity contribution is 0.0954. The predicted molar refractivity (Wildman–Crippen MR) is 121 cm³/mol. The monoisotopic (exact) mass is 457 g/mol. The molecule has 7 nitrogen and oxygen atoms in total. The van der Waals surface area contributed by atoms with Crippen molar-refractivity contribution in [1.82, 2.24) is 5.43 Å². The zero-order chi connectivity index (χ0) is 22.4. The van der Waals surface area contributed by atoms with Crippen molar-refractivity contribution in [1.29, 1.82) is 0 Å². The van der Waals surface area contributed by atoms with Gasteiger partial charge in [0.25, 0.3) is 15.9 Å². The zero-order valence-corrected chi connectivity index (χ0v) is 18.4. The summed E-state index contributed by atoms with van der Waals surface area (Å²) < 4.78 is 33.1. The number of rotatable bonds is 7. The smallest absolute Gasteiger partial charge is 0.271 e. The fourth-order valence-corrected chi connectivity index (χ4v) is 3.97. The van der Waals surface area contributed by atoms with Crippen molar-refractivity contribution < 1.29 is 17.9 Å². The van der Waals surface area contributed by atoms with Crippen LogP contribution in [0.25, 0.3) is 0 Å². The number of amides is 1. The van der Waals surface area contributed by atoms with Crippen LogP contribution in [0.15, 0.2) is 82.8 Å². The molecule has 31 heavy (non-hydrogen) atoms. The summed E-state index contributed by atoms with van der Waals surface area (Å²) in [5.74, 6) is 0.0807. The van der Waals surface area contributed by atoms with E-state index in [-0.39, 0.29) is 10.5 Å². The standard InChI is InChI=1S/C22H20ClN3O4S/c1-15(20-8-3-4-9-21(20)30-2)24-25-22(27)16-6-5-7-19(14-16)31(28,29)26-18-12-10-17(23)11-13-18/h3-14,26H,1-2H3,(H,25,27). The third-order valence-electron chi connectivity index (χ3n) is 4.32. The first-order valence-electron chi connectivity index (χ1n) is 9.16. The van der Waals surface area contributed by atoms with E-state index in [1.807, 2.05) is 18.2 Å². The second-order valence-electron chi connectivity index (χ2n) is 6.48. The van der Waals surface area contributed by atoms with Crippen LogP contribution >= 0.6 is 11.6 Å². The highest BCUT2D eigenvalue weighted by atomic mass is 35.5. The van der Waals surface area contributed by atoms with E-state index >= 15 is 0 Å². The quantitative estimate of drug-likeness (QED) is 0.408. The lowest BCUT2D eigenvalue weighted by Crippen LogP contribution is -2.20. The van der Waals surface area contributed by atoms with Crippen LogP contribution in [0.3, 0.4) is 0 Å². The average molecular weight is 458 g/mol. The molecule has 0 fully saturated rings. The molecular formula is C22H20ClN3O4S. The fraction of sp³-hybridized carbons (Fsp3) is 0.0909. The Morgan fingerprint density at radius 3 is 2.42 bits per heavy atom. The largest absolute Gasteiger partial charge is 0.496 e. The minimum atomic E-state index is -3.89. The van der Waals surface area contributed by atoms with Gasteiger partial charge in [0, 0.05) is 21.8 Å². The summed E-state index contributed by atoms with van der Waals surface area (Å²) in [5.41, 5.74) is 4.22. The van der Waals surface area contributed by atoms with Crippen LogP contribution in [0, 0.1) is 0 Å². The Hall–Kier alpha value is -3.36. The van der Waals surface area contributed by atoms with Crippen molar-refractivity contribution in [2.75, 3.05) is 11.8 Å². The van der Waals surface area contributed by atoms with Crippen LogP contribution in [-0.4, -0.2) is 27.1 Å². The molecule has 0 saturated carbocycles. The number of methoxy groups -OCH3 is 1. The molecule has 0 bridgehead atoms. The van der Waals surface area contributed by atoms with Crippen molar-refractivity contribution in [3.05, 3.63) is 88.9 Å². The van der Waals surface area contributed by atoms with Crippen LogP contribution in [0.1, 0.15) is 22.8 Å². The molecule has 0 aromatic heterocycles. The lowest BCUT2D eigenvalue weighted by atomic mass is 10.1. The third-order valence-corrected chi connectivity index (χ3v) is 5.96. The van der Waals surface area contributed by atoms with Gasteiger partial charge >= 0.3 is 0 Å². The Bertz CT molecular complexity index is 1230. The normalized spacial score (nSPS) is 11.6. The number of hydrazone groups is 1. The number of hydrogen-bond donors (Lipinski definition) is 2. The maximum absolute atomic E-state index is 12.7. The second-order valence-corrected chi connectivity index (χ2v) is 8.60. The van der Waals surface area contributed by atoms with E-state index in [9.17, 15) is 13.2 Å². The zero-order valence-electron chi connectivity index (χ0n) is 16.8. The molecule has 2 N–H and O–H groups in total. The van der Waals surface area contributed by atoms with Gasteiger partial charge < -0.3 is 4.74 Å².